The summed E-state index contributed by atoms with van der Waals surface area (Å²) in [4.78, 5) is 23.9. The highest BCUT2D eigenvalue weighted by Crippen LogP contribution is 2.22. The lowest BCUT2D eigenvalue weighted by molar-refractivity contribution is -0.143. The SMILES string of the molecule is COc1cc(OC)cc(C(=O)NCC(=O)OCc2ccccc2Cl)c1. The van der Waals surface area contributed by atoms with Crippen LogP contribution in [0.2, 0.25) is 5.02 Å². The fourth-order valence-corrected chi connectivity index (χ4v) is 2.21. The number of hydrogen-bond acceptors (Lipinski definition) is 5. The van der Waals surface area contributed by atoms with Crippen LogP contribution in [0.15, 0.2) is 42.5 Å². The molecule has 0 unspecified atom stereocenters. The van der Waals surface area contributed by atoms with Gasteiger partial charge in [0, 0.05) is 22.2 Å². The smallest absolute Gasteiger partial charge is 0.325 e. The molecule has 1 N–H and O–H groups in total. The van der Waals surface area contributed by atoms with Crippen LogP contribution in [0.5, 0.6) is 11.5 Å². The van der Waals surface area contributed by atoms with Crippen LogP contribution in [0, 0.1) is 0 Å². The van der Waals surface area contributed by atoms with Crippen LogP contribution in [-0.2, 0) is 16.1 Å². The summed E-state index contributed by atoms with van der Waals surface area (Å²) in [5.41, 5.74) is 1.01. The van der Waals surface area contributed by atoms with E-state index < -0.39 is 11.9 Å². The summed E-state index contributed by atoms with van der Waals surface area (Å²) in [5.74, 6) is -0.0494. The molecular weight excluding hydrogens is 346 g/mol. The second-order valence-corrected chi connectivity index (χ2v) is 5.44. The van der Waals surface area contributed by atoms with Gasteiger partial charge in [-0.1, -0.05) is 29.8 Å². The van der Waals surface area contributed by atoms with Crippen molar-refractivity contribution in [2.45, 2.75) is 6.61 Å². The van der Waals surface area contributed by atoms with E-state index in [-0.39, 0.29) is 13.2 Å². The molecule has 2 aromatic carbocycles. The number of methoxy groups -OCH3 is 2. The van der Waals surface area contributed by atoms with Gasteiger partial charge in [0.05, 0.1) is 14.2 Å². The summed E-state index contributed by atoms with van der Waals surface area (Å²) in [6, 6.07) is 11.8. The van der Waals surface area contributed by atoms with Crippen LogP contribution in [0.4, 0.5) is 0 Å². The highest BCUT2D eigenvalue weighted by Gasteiger charge is 2.12. The monoisotopic (exact) mass is 363 g/mol. The van der Waals surface area contributed by atoms with Crippen molar-refractivity contribution in [1.29, 1.82) is 0 Å². The average molecular weight is 364 g/mol. The van der Waals surface area contributed by atoms with Gasteiger partial charge in [0.1, 0.15) is 24.7 Å². The van der Waals surface area contributed by atoms with E-state index in [9.17, 15) is 9.59 Å². The zero-order chi connectivity index (χ0) is 18.2. The van der Waals surface area contributed by atoms with Crippen molar-refractivity contribution in [3.8, 4) is 11.5 Å². The molecule has 0 saturated heterocycles. The van der Waals surface area contributed by atoms with Gasteiger partial charge in [-0.3, -0.25) is 9.59 Å². The molecule has 0 aliphatic carbocycles. The molecular formula is C18H18ClNO5. The minimum absolute atomic E-state index is 0.0430. The van der Waals surface area contributed by atoms with Crippen molar-refractivity contribution in [2.75, 3.05) is 20.8 Å². The predicted molar refractivity (Wildman–Crippen MR) is 93.1 cm³/mol. The normalized spacial score (nSPS) is 10.0. The Morgan fingerprint density at radius 1 is 1.04 bits per heavy atom. The van der Waals surface area contributed by atoms with Gasteiger partial charge in [0.25, 0.3) is 5.91 Å². The number of ether oxygens (including phenoxy) is 3. The molecule has 2 aromatic rings. The Hall–Kier alpha value is -2.73. The van der Waals surface area contributed by atoms with Gasteiger partial charge in [-0.15, -0.1) is 0 Å². The number of hydrogen-bond donors (Lipinski definition) is 1. The molecule has 132 valence electrons. The maximum atomic E-state index is 12.2. The molecule has 2 rings (SSSR count). The Labute approximate surface area is 150 Å². The number of amides is 1. The molecule has 1 amide bonds. The first-order chi connectivity index (χ1) is 12.0. The van der Waals surface area contributed by atoms with Gasteiger partial charge in [-0.2, -0.15) is 0 Å². The van der Waals surface area contributed by atoms with Crippen molar-refractivity contribution < 1.29 is 23.8 Å². The lowest BCUT2D eigenvalue weighted by Gasteiger charge is -2.10. The minimum Gasteiger partial charge on any atom is -0.497 e. The number of carbonyl (C=O) groups is 2. The van der Waals surface area contributed by atoms with Crippen LogP contribution >= 0.6 is 11.6 Å². The van der Waals surface area contributed by atoms with Gasteiger partial charge in [0.15, 0.2) is 0 Å². The Bertz CT molecular complexity index is 741. The average Bonchev–Trinajstić information content (AvgIpc) is 2.64. The van der Waals surface area contributed by atoms with Crippen LogP contribution in [0.25, 0.3) is 0 Å². The number of rotatable bonds is 7. The zero-order valence-electron chi connectivity index (χ0n) is 13.9. The third-order valence-electron chi connectivity index (χ3n) is 3.35. The molecule has 0 aliphatic rings. The first kappa shape index (κ1) is 18.6. The number of carbonyl (C=O) groups excluding carboxylic acids is 2. The van der Waals surface area contributed by atoms with Gasteiger partial charge < -0.3 is 19.5 Å². The van der Waals surface area contributed by atoms with Crippen LogP contribution in [0.1, 0.15) is 15.9 Å². The van der Waals surface area contributed by atoms with Gasteiger partial charge in [0.2, 0.25) is 0 Å². The Morgan fingerprint density at radius 3 is 2.28 bits per heavy atom. The van der Waals surface area contributed by atoms with E-state index in [1.54, 1.807) is 42.5 Å². The fourth-order valence-electron chi connectivity index (χ4n) is 2.02. The maximum absolute atomic E-state index is 12.2. The number of halogens is 1. The standard InChI is InChI=1S/C18H18ClNO5/c1-23-14-7-13(8-15(9-14)24-2)18(22)20-10-17(21)25-11-12-5-3-4-6-16(12)19/h3-9H,10-11H2,1-2H3,(H,20,22). The Kier molecular flexibility index (Phi) is 6.65. The molecule has 0 aliphatic heterocycles. The molecule has 0 fully saturated rings. The van der Waals surface area contributed by atoms with E-state index in [4.69, 9.17) is 25.8 Å². The fraction of sp³-hybridized carbons (Fsp3) is 0.222. The van der Waals surface area contributed by atoms with Crippen molar-refractivity contribution in [3.05, 3.63) is 58.6 Å². The molecule has 7 heteroatoms. The third kappa shape index (κ3) is 5.39. The van der Waals surface area contributed by atoms with Crippen molar-refractivity contribution in [2.24, 2.45) is 0 Å². The lowest BCUT2D eigenvalue weighted by Crippen LogP contribution is -2.30. The number of esters is 1. The van der Waals surface area contributed by atoms with E-state index >= 15 is 0 Å². The predicted octanol–water partition coefficient (Wildman–Crippen LogP) is 2.83. The largest absolute Gasteiger partial charge is 0.497 e. The van der Waals surface area contributed by atoms with E-state index in [0.29, 0.717) is 27.6 Å². The van der Waals surface area contributed by atoms with Gasteiger partial charge in [-0.25, -0.2) is 0 Å². The Morgan fingerprint density at radius 2 is 1.68 bits per heavy atom. The number of benzene rings is 2. The second-order valence-electron chi connectivity index (χ2n) is 5.04. The topological polar surface area (TPSA) is 73.9 Å². The molecule has 0 bridgehead atoms. The van der Waals surface area contributed by atoms with E-state index in [1.807, 2.05) is 0 Å². The Balaban J connectivity index is 1.89. The molecule has 0 spiro atoms. The van der Waals surface area contributed by atoms with E-state index in [0.717, 1.165) is 0 Å². The molecule has 25 heavy (non-hydrogen) atoms. The maximum Gasteiger partial charge on any atom is 0.325 e. The summed E-state index contributed by atoms with van der Waals surface area (Å²) < 4.78 is 15.3. The van der Waals surface area contributed by atoms with Crippen molar-refractivity contribution in [1.82, 2.24) is 5.32 Å². The highest BCUT2D eigenvalue weighted by molar-refractivity contribution is 6.31. The van der Waals surface area contributed by atoms with E-state index in [1.165, 1.54) is 14.2 Å². The van der Waals surface area contributed by atoms with Crippen LogP contribution in [-0.4, -0.2) is 32.6 Å². The summed E-state index contributed by atoms with van der Waals surface area (Å²) in [6.45, 7) is -0.218. The van der Waals surface area contributed by atoms with Crippen molar-refractivity contribution in [3.63, 3.8) is 0 Å². The summed E-state index contributed by atoms with van der Waals surface area (Å²) in [5, 5.41) is 3.01. The molecule has 0 heterocycles. The summed E-state index contributed by atoms with van der Waals surface area (Å²) >= 11 is 5.99. The van der Waals surface area contributed by atoms with Crippen molar-refractivity contribution >= 4 is 23.5 Å². The van der Waals surface area contributed by atoms with E-state index in [2.05, 4.69) is 5.32 Å². The molecule has 0 radical (unpaired) electrons. The number of nitrogens with one attached hydrogen (secondary N) is 1. The third-order valence-corrected chi connectivity index (χ3v) is 3.72. The van der Waals surface area contributed by atoms with Crippen LogP contribution < -0.4 is 14.8 Å². The van der Waals surface area contributed by atoms with Gasteiger partial charge in [-0.05, 0) is 18.2 Å². The first-order valence-electron chi connectivity index (χ1n) is 7.43. The quantitative estimate of drug-likeness (QED) is 0.766. The minimum atomic E-state index is -0.567. The molecule has 6 nitrogen and oxygen atoms in total. The van der Waals surface area contributed by atoms with Gasteiger partial charge >= 0.3 is 5.97 Å². The molecule has 0 saturated carbocycles. The molecule has 0 atom stereocenters. The first-order valence-corrected chi connectivity index (χ1v) is 7.81. The lowest BCUT2D eigenvalue weighted by atomic mass is 10.2. The van der Waals surface area contributed by atoms with Crippen LogP contribution in [0.3, 0.4) is 0 Å². The summed E-state index contributed by atoms with van der Waals surface area (Å²) in [6.07, 6.45) is 0. The zero-order valence-corrected chi connectivity index (χ0v) is 14.6. The highest BCUT2D eigenvalue weighted by atomic mass is 35.5. The second kappa shape index (κ2) is 8.94. The molecule has 0 aromatic heterocycles. The summed E-state index contributed by atoms with van der Waals surface area (Å²) in [7, 11) is 2.98.